The van der Waals surface area contributed by atoms with Crippen molar-refractivity contribution in [3.05, 3.63) is 34.9 Å². The van der Waals surface area contributed by atoms with Crippen molar-refractivity contribution in [1.82, 2.24) is 10.2 Å². The fraction of sp³-hybridized carbons (Fsp3) is 0.571. The van der Waals surface area contributed by atoms with Crippen LogP contribution in [0.15, 0.2) is 24.3 Å². The van der Waals surface area contributed by atoms with E-state index in [0.717, 1.165) is 31.3 Å². The molecule has 1 saturated heterocycles. The van der Waals surface area contributed by atoms with Crippen LogP contribution in [-0.2, 0) is 4.74 Å². The highest BCUT2D eigenvalue weighted by molar-refractivity contribution is 6.30. The van der Waals surface area contributed by atoms with Gasteiger partial charge in [0.2, 0.25) is 0 Å². The van der Waals surface area contributed by atoms with E-state index in [1.54, 1.807) is 0 Å². The van der Waals surface area contributed by atoms with E-state index in [9.17, 15) is 0 Å². The molecule has 1 heterocycles. The number of halogens is 1. The van der Waals surface area contributed by atoms with Gasteiger partial charge in [0.1, 0.15) is 0 Å². The number of ether oxygens (including phenoxy) is 1. The normalized spacial score (nSPS) is 22.9. The number of nitrogens with one attached hydrogen (secondary N) is 1. The molecule has 3 nitrogen and oxygen atoms in total. The molecule has 0 radical (unpaired) electrons. The lowest BCUT2D eigenvalue weighted by atomic mass is 10.1. The summed E-state index contributed by atoms with van der Waals surface area (Å²) in [5, 5.41) is 4.29. The fourth-order valence-corrected chi connectivity index (χ4v) is 2.39. The molecule has 100 valence electrons. The Hall–Kier alpha value is -0.610. The van der Waals surface area contributed by atoms with E-state index in [4.69, 9.17) is 16.3 Å². The quantitative estimate of drug-likeness (QED) is 0.907. The molecule has 1 aromatic carbocycles. The molecule has 2 rings (SSSR count). The predicted octanol–water partition coefficient (Wildman–Crippen LogP) is 2.32. The van der Waals surface area contributed by atoms with Crippen molar-refractivity contribution in [3.8, 4) is 0 Å². The van der Waals surface area contributed by atoms with Crippen molar-refractivity contribution in [2.24, 2.45) is 0 Å². The molecule has 0 aliphatic carbocycles. The van der Waals surface area contributed by atoms with Gasteiger partial charge in [0.15, 0.2) is 0 Å². The van der Waals surface area contributed by atoms with Crippen molar-refractivity contribution in [3.63, 3.8) is 0 Å². The minimum Gasteiger partial charge on any atom is -0.374 e. The van der Waals surface area contributed by atoms with Crippen LogP contribution in [0, 0.1) is 0 Å². The molecule has 1 fully saturated rings. The largest absolute Gasteiger partial charge is 0.374 e. The van der Waals surface area contributed by atoms with Crippen molar-refractivity contribution >= 4 is 11.6 Å². The average molecular weight is 269 g/mol. The second-order valence-electron chi connectivity index (χ2n) is 4.94. The van der Waals surface area contributed by atoms with Crippen molar-refractivity contribution < 1.29 is 4.74 Å². The van der Waals surface area contributed by atoms with Gasteiger partial charge < -0.3 is 15.0 Å². The molecule has 1 aliphatic heterocycles. The summed E-state index contributed by atoms with van der Waals surface area (Å²) in [5.74, 6) is 0. The summed E-state index contributed by atoms with van der Waals surface area (Å²) in [6, 6.07) is 8.28. The Bertz CT molecular complexity index is 386. The number of hydrogen-bond acceptors (Lipinski definition) is 3. The van der Waals surface area contributed by atoms with Crippen molar-refractivity contribution in [1.29, 1.82) is 0 Å². The molecule has 0 unspecified atom stereocenters. The minimum atomic E-state index is 0.283. The van der Waals surface area contributed by atoms with E-state index >= 15 is 0 Å². The first-order chi connectivity index (χ1) is 8.65. The van der Waals surface area contributed by atoms with Gasteiger partial charge in [-0.25, -0.2) is 0 Å². The Balaban J connectivity index is 1.82. The topological polar surface area (TPSA) is 24.5 Å². The number of hydrogen-bond donors (Lipinski definition) is 1. The van der Waals surface area contributed by atoms with Crippen LogP contribution in [0.25, 0.3) is 0 Å². The molecular formula is C14H21ClN2O. The molecule has 1 aromatic rings. The van der Waals surface area contributed by atoms with Crippen molar-refractivity contribution in [2.75, 3.05) is 33.3 Å². The Kier molecular flexibility index (Phi) is 5.01. The van der Waals surface area contributed by atoms with Gasteiger partial charge in [-0.15, -0.1) is 0 Å². The predicted molar refractivity (Wildman–Crippen MR) is 75.1 cm³/mol. The van der Waals surface area contributed by atoms with Crippen LogP contribution in [0.5, 0.6) is 0 Å². The first-order valence-corrected chi connectivity index (χ1v) is 6.82. The molecule has 1 aliphatic rings. The lowest BCUT2D eigenvalue weighted by molar-refractivity contribution is -0.0190. The molecule has 0 saturated carbocycles. The Morgan fingerprint density at radius 2 is 2.39 bits per heavy atom. The SMILES string of the molecule is C[C@@H](NC[C@H]1CN(C)CCO1)c1cccc(Cl)c1. The highest BCUT2D eigenvalue weighted by Gasteiger charge is 2.18. The zero-order chi connectivity index (χ0) is 13.0. The zero-order valence-corrected chi connectivity index (χ0v) is 11.8. The molecule has 0 aromatic heterocycles. The van der Waals surface area contributed by atoms with Gasteiger partial charge in [-0.1, -0.05) is 23.7 Å². The number of benzene rings is 1. The molecular weight excluding hydrogens is 248 g/mol. The van der Waals surface area contributed by atoms with Crippen LogP contribution >= 0.6 is 11.6 Å². The molecule has 0 amide bonds. The molecule has 2 atom stereocenters. The smallest absolute Gasteiger partial charge is 0.0826 e. The molecule has 4 heteroatoms. The van der Waals surface area contributed by atoms with E-state index in [2.05, 4.69) is 30.3 Å². The third-order valence-electron chi connectivity index (χ3n) is 3.34. The van der Waals surface area contributed by atoms with Gasteiger partial charge in [0.05, 0.1) is 12.7 Å². The van der Waals surface area contributed by atoms with E-state index in [0.29, 0.717) is 6.04 Å². The average Bonchev–Trinajstić information content (AvgIpc) is 2.36. The standard InChI is InChI=1S/C14H21ClN2O/c1-11(12-4-3-5-13(15)8-12)16-9-14-10-17(2)6-7-18-14/h3-5,8,11,14,16H,6-7,9-10H2,1-2H3/t11-,14+/m1/s1. The maximum absolute atomic E-state index is 6.00. The summed E-state index contributed by atoms with van der Waals surface area (Å²) >= 11 is 6.00. The Labute approximate surface area is 114 Å². The molecule has 1 N–H and O–H groups in total. The second-order valence-corrected chi connectivity index (χ2v) is 5.38. The highest BCUT2D eigenvalue weighted by Crippen LogP contribution is 2.17. The van der Waals surface area contributed by atoms with Crippen molar-refractivity contribution in [2.45, 2.75) is 19.1 Å². The van der Waals surface area contributed by atoms with Crippen LogP contribution < -0.4 is 5.32 Å². The summed E-state index contributed by atoms with van der Waals surface area (Å²) in [7, 11) is 2.13. The van der Waals surface area contributed by atoms with Crippen LogP contribution in [0.4, 0.5) is 0 Å². The van der Waals surface area contributed by atoms with E-state index in [1.807, 2.05) is 18.2 Å². The maximum atomic E-state index is 6.00. The fourth-order valence-electron chi connectivity index (χ4n) is 2.19. The Morgan fingerprint density at radius 1 is 1.56 bits per heavy atom. The number of morpholine rings is 1. The lowest BCUT2D eigenvalue weighted by Gasteiger charge is -2.31. The molecule has 0 bridgehead atoms. The second kappa shape index (κ2) is 6.53. The highest BCUT2D eigenvalue weighted by atomic mass is 35.5. The lowest BCUT2D eigenvalue weighted by Crippen LogP contribution is -2.45. The minimum absolute atomic E-state index is 0.283. The first kappa shape index (κ1) is 13.8. The van der Waals surface area contributed by atoms with Crippen LogP contribution in [0.2, 0.25) is 5.02 Å². The molecule has 18 heavy (non-hydrogen) atoms. The maximum Gasteiger partial charge on any atom is 0.0826 e. The summed E-state index contributed by atoms with van der Waals surface area (Å²) in [6.45, 7) is 5.88. The van der Waals surface area contributed by atoms with Gasteiger partial charge in [-0.05, 0) is 31.7 Å². The summed E-state index contributed by atoms with van der Waals surface area (Å²) in [4.78, 5) is 2.31. The third kappa shape index (κ3) is 3.95. The monoisotopic (exact) mass is 268 g/mol. The first-order valence-electron chi connectivity index (χ1n) is 6.44. The number of nitrogens with zero attached hydrogens (tertiary/aromatic N) is 1. The van der Waals surface area contributed by atoms with Crippen LogP contribution in [0.1, 0.15) is 18.5 Å². The van der Waals surface area contributed by atoms with Crippen LogP contribution in [-0.4, -0.2) is 44.3 Å². The van der Waals surface area contributed by atoms with E-state index in [1.165, 1.54) is 5.56 Å². The van der Waals surface area contributed by atoms with E-state index < -0.39 is 0 Å². The van der Waals surface area contributed by atoms with E-state index in [-0.39, 0.29) is 6.10 Å². The third-order valence-corrected chi connectivity index (χ3v) is 3.58. The summed E-state index contributed by atoms with van der Waals surface area (Å²) < 4.78 is 5.73. The van der Waals surface area contributed by atoms with Crippen LogP contribution in [0.3, 0.4) is 0 Å². The Morgan fingerprint density at radius 3 is 3.11 bits per heavy atom. The summed E-state index contributed by atoms with van der Waals surface area (Å²) in [5.41, 5.74) is 1.21. The number of rotatable bonds is 4. The van der Waals surface area contributed by atoms with Gasteiger partial charge in [-0.2, -0.15) is 0 Å². The molecule has 0 spiro atoms. The van der Waals surface area contributed by atoms with Gasteiger partial charge in [-0.3, -0.25) is 0 Å². The summed E-state index contributed by atoms with van der Waals surface area (Å²) in [6.07, 6.45) is 0.283. The van der Waals surface area contributed by atoms with Gasteiger partial charge in [0.25, 0.3) is 0 Å². The zero-order valence-electron chi connectivity index (χ0n) is 11.0. The van der Waals surface area contributed by atoms with Gasteiger partial charge >= 0.3 is 0 Å². The van der Waals surface area contributed by atoms with Gasteiger partial charge in [0, 0.05) is 30.7 Å². The number of likely N-dealkylation sites (N-methyl/N-ethyl adjacent to an activating group) is 1.